The van der Waals surface area contributed by atoms with Gasteiger partial charge in [-0.1, -0.05) is 36.4 Å². The molecule has 0 heterocycles. The lowest BCUT2D eigenvalue weighted by Crippen LogP contribution is -2.22. The van der Waals surface area contributed by atoms with Gasteiger partial charge < -0.3 is 4.74 Å². The first-order valence-electron chi connectivity index (χ1n) is 6.93. The van der Waals surface area contributed by atoms with Crippen LogP contribution in [0.15, 0.2) is 48.5 Å². The molecular weight excluding hydrogens is 264 g/mol. The summed E-state index contributed by atoms with van der Waals surface area (Å²) in [4.78, 5) is 0. The van der Waals surface area contributed by atoms with Gasteiger partial charge in [-0.25, -0.2) is 0 Å². The Hall–Kier alpha value is -1.41. The third-order valence-corrected chi connectivity index (χ3v) is 3.30. The second-order valence-corrected chi connectivity index (χ2v) is 6.81. The predicted octanol–water partition coefficient (Wildman–Crippen LogP) is 5.52. The lowest BCUT2D eigenvalue weighted by Gasteiger charge is -2.21. The Morgan fingerprint density at radius 3 is 1.70 bits per heavy atom. The van der Waals surface area contributed by atoms with E-state index in [0.717, 1.165) is 5.75 Å². The summed E-state index contributed by atoms with van der Waals surface area (Å²) in [6.45, 7) is 8.24. The van der Waals surface area contributed by atoms with Crippen molar-refractivity contribution in [3.05, 3.63) is 54.1 Å². The summed E-state index contributed by atoms with van der Waals surface area (Å²) in [5, 5.41) is 0.270. The zero-order chi connectivity index (χ0) is 14.8. The van der Waals surface area contributed by atoms with E-state index in [9.17, 15) is 0 Å². The molecule has 2 rings (SSSR count). The Bertz CT molecular complexity index is 547. The molecule has 2 heteroatoms. The third kappa shape index (κ3) is 4.04. The molecule has 0 radical (unpaired) electrons. The molecule has 0 aliphatic heterocycles. The highest BCUT2D eigenvalue weighted by Crippen LogP contribution is 2.26. The van der Waals surface area contributed by atoms with E-state index >= 15 is 0 Å². The van der Waals surface area contributed by atoms with Crippen LogP contribution < -0.4 is 4.74 Å². The second kappa shape index (κ2) is 5.92. The largest absolute Gasteiger partial charge is 0.488 e. The lowest BCUT2D eigenvalue weighted by atomic mass is 10.0. The summed E-state index contributed by atoms with van der Waals surface area (Å²) in [5.74, 6) is 0.904. The zero-order valence-electron chi connectivity index (χ0n) is 12.6. The molecule has 2 aromatic carbocycles. The van der Waals surface area contributed by atoms with Gasteiger partial charge in [0, 0.05) is 5.25 Å². The quantitative estimate of drug-likeness (QED) is 0.731. The summed E-state index contributed by atoms with van der Waals surface area (Å²) in [6.07, 6.45) is 0. The summed E-state index contributed by atoms with van der Waals surface area (Å²) in [7, 11) is 0. The van der Waals surface area contributed by atoms with Crippen molar-refractivity contribution in [1.82, 2.24) is 0 Å². The van der Waals surface area contributed by atoms with Crippen molar-refractivity contribution in [2.24, 2.45) is 0 Å². The molecule has 0 N–H and O–H groups in total. The van der Waals surface area contributed by atoms with E-state index in [1.165, 1.54) is 16.7 Å². The summed E-state index contributed by atoms with van der Waals surface area (Å²) in [6, 6.07) is 16.8. The van der Waals surface area contributed by atoms with E-state index in [2.05, 4.69) is 76.7 Å². The topological polar surface area (TPSA) is 9.23 Å². The highest BCUT2D eigenvalue weighted by atomic mass is 32.1. The monoisotopic (exact) mass is 286 g/mol. The van der Waals surface area contributed by atoms with Crippen LogP contribution in [0.1, 0.15) is 38.5 Å². The summed E-state index contributed by atoms with van der Waals surface area (Å²) in [5.41, 5.74) is 3.49. The van der Waals surface area contributed by atoms with Crippen molar-refractivity contribution >= 4 is 12.6 Å². The van der Waals surface area contributed by atoms with E-state index in [-0.39, 0.29) is 10.9 Å². The van der Waals surface area contributed by atoms with Crippen LogP contribution in [-0.2, 0) is 0 Å². The maximum atomic E-state index is 5.83. The molecule has 20 heavy (non-hydrogen) atoms. The van der Waals surface area contributed by atoms with Gasteiger partial charge >= 0.3 is 0 Å². The van der Waals surface area contributed by atoms with Crippen molar-refractivity contribution in [2.45, 2.75) is 38.5 Å². The molecule has 0 spiro atoms. The van der Waals surface area contributed by atoms with Crippen LogP contribution in [0, 0.1) is 0 Å². The van der Waals surface area contributed by atoms with Gasteiger partial charge in [-0.2, -0.15) is 12.6 Å². The maximum Gasteiger partial charge on any atom is 0.120 e. The molecule has 106 valence electrons. The Balaban J connectivity index is 2.17. The molecular formula is C18H22OS. The standard InChI is InChI=1S/C18H22OS/c1-13(20)14-5-7-15(8-6-14)16-9-11-17(12-10-16)19-18(2,3)4/h5-13,20H,1-4H3. The van der Waals surface area contributed by atoms with Gasteiger partial charge in [0.15, 0.2) is 0 Å². The molecule has 1 nitrogen and oxygen atoms in total. The first kappa shape index (κ1) is 15.0. The van der Waals surface area contributed by atoms with E-state index in [4.69, 9.17) is 4.74 Å². The molecule has 0 saturated heterocycles. The highest BCUT2D eigenvalue weighted by Gasteiger charge is 2.11. The average Bonchev–Trinajstić information content (AvgIpc) is 2.38. The van der Waals surface area contributed by atoms with E-state index in [1.54, 1.807) is 0 Å². The number of thiol groups is 1. The minimum atomic E-state index is -0.161. The van der Waals surface area contributed by atoms with Gasteiger partial charge in [0.25, 0.3) is 0 Å². The van der Waals surface area contributed by atoms with Gasteiger partial charge in [0.2, 0.25) is 0 Å². The highest BCUT2D eigenvalue weighted by molar-refractivity contribution is 7.80. The summed E-state index contributed by atoms with van der Waals surface area (Å²) < 4.78 is 5.83. The van der Waals surface area contributed by atoms with Gasteiger partial charge in [-0.05, 0) is 56.5 Å². The van der Waals surface area contributed by atoms with Crippen molar-refractivity contribution in [3.8, 4) is 16.9 Å². The summed E-state index contributed by atoms with van der Waals surface area (Å²) >= 11 is 4.45. The normalized spacial score (nSPS) is 13.1. The van der Waals surface area contributed by atoms with Crippen LogP contribution in [0.5, 0.6) is 5.75 Å². The van der Waals surface area contributed by atoms with Gasteiger partial charge in [0.1, 0.15) is 11.4 Å². The van der Waals surface area contributed by atoms with Crippen molar-refractivity contribution in [1.29, 1.82) is 0 Å². The molecule has 0 aliphatic carbocycles. The van der Waals surface area contributed by atoms with Crippen molar-refractivity contribution in [2.75, 3.05) is 0 Å². The third-order valence-electron chi connectivity index (χ3n) is 3.00. The van der Waals surface area contributed by atoms with E-state index in [1.807, 2.05) is 12.1 Å². The van der Waals surface area contributed by atoms with Crippen LogP contribution >= 0.6 is 12.6 Å². The predicted molar refractivity (Wildman–Crippen MR) is 89.7 cm³/mol. The Kier molecular flexibility index (Phi) is 4.44. The van der Waals surface area contributed by atoms with Crippen LogP contribution in [0.4, 0.5) is 0 Å². The number of hydrogen-bond acceptors (Lipinski definition) is 2. The fourth-order valence-electron chi connectivity index (χ4n) is 2.02. The Morgan fingerprint density at radius 2 is 1.30 bits per heavy atom. The molecule has 2 aromatic rings. The van der Waals surface area contributed by atoms with Crippen LogP contribution in [0.3, 0.4) is 0 Å². The minimum Gasteiger partial charge on any atom is -0.488 e. The van der Waals surface area contributed by atoms with E-state index < -0.39 is 0 Å². The lowest BCUT2D eigenvalue weighted by molar-refractivity contribution is 0.131. The Labute approximate surface area is 127 Å². The van der Waals surface area contributed by atoms with E-state index in [0.29, 0.717) is 0 Å². The first-order valence-corrected chi connectivity index (χ1v) is 7.44. The molecule has 0 aliphatic rings. The second-order valence-electron chi connectivity index (χ2n) is 6.04. The number of benzene rings is 2. The molecule has 0 fully saturated rings. The minimum absolute atomic E-state index is 0.161. The number of rotatable bonds is 3. The van der Waals surface area contributed by atoms with Gasteiger partial charge in [-0.3, -0.25) is 0 Å². The molecule has 0 saturated carbocycles. The molecule has 0 bridgehead atoms. The molecule has 1 atom stereocenters. The SMILES string of the molecule is CC(S)c1ccc(-c2ccc(OC(C)(C)C)cc2)cc1. The molecule has 1 unspecified atom stereocenters. The Morgan fingerprint density at radius 1 is 0.850 bits per heavy atom. The average molecular weight is 286 g/mol. The van der Waals surface area contributed by atoms with Gasteiger partial charge in [-0.15, -0.1) is 0 Å². The smallest absolute Gasteiger partial charge is 0.120 e. The number of ether oxygens (including phenoxy) is 1. The van der Waals surface area contributed by atoms with Crippen LogP contribution in [0.25, 0.3) is 11.1 Å². The van der Waals surface area contributed by atoms with Crippen LogP contribution in [0.2, 0.25) is 0 Å². The molecule has 0 amide bonds. The van der Waals surface area contributed by atoms with Gasteiger partial charge in [0.05, 0.1) is 0 Å². The van der Waals surface area contributed by atoms with Crippen molar-refractivity contribution in [3.63, 3.8) is 0 Å². The van der Waals surface area contributed by atoms with Crippen molar-refractivity contribution < 1.29 is 4.74 Å². The molecule has 0 aromatic heterocycles. The first-order chi connectivity index (χ1) is 9.35. The fraction of sp³-hybridized carbons (Fsp3) is 0.333. The van der Waals surface area contributed by atoms with Crippen LogP contribution in [-0.4, -0.2) is 5.60 Å². The fourth-order valence-corrected chi connectivity index (χ4v) is 2.20. The number of hydrogen-bond donors (Lipinski definition) is 1. The maximum absolute atomic E-state index is 5.83. The zero-order valence-corrected chi connectivity index (χ0v) is 13.4.